The first kappa shape index (κ1) is 18.1. The summed E-state index contributed by atoms with van der Waals surface area (Å²) in [4.78, 5) is 12.6. The lowest BCUT2D eigenvalue weighted by Gasteiger charge is -2.14. The predicted molar refractivity (Wildman–Crippen MR) is 113 cm³/mol. The summed E-state index contributed by atoms with van der Waals surface area (Å²) in [5.41, 5.74) is 4.73. The highest BCUT2D eigenvalue weighted by molar-refractivity contribution is 7.92. The van der Waals surface area contributed by atoms with Gasteiger partial charge in [0.25, 0.3) is 5.91 Å². The summed E-state index contributed by atoms with van der Waals surface area (Å²) in [7, 11) is -3.40. The molecular weight excluding hydrogens is 374 g/mol. The molecule has 1 amide bonds. The first-order valence-electron chi connectivity index (χ1n) is 8.88. The molecule has 142 valence electrons. The number of hydrogen-bond acceptors (Lipinski definition) is 4. The predicted octanol–water partition coefficient (Wildman–Crippen LogP) is 4.42. The van der Waals surface area contributed by atoms with Crippen molar-refractivity contribution in [2.75, 3.05) is 21.1 Å². The van der Waals surface area contributed by atoms with Gasteiger partial charge in [0.1, 0.15) is 0 Å². The third-order valence-corrected chi connectivity index (χ3v) is 5.88. The van der Waals surface area contributed by atoms with Crippen molar-refractivity contribution in [1.29, 1.82) is 0 Å². The number of rotatable bonds is 4. The first-order chi connectivity index (χ1) is 13.5. The summed E-state index contributed by atoms with van der Waals surface area (Å²) in [5, 5.41) is 6.20. The van der Waals surface area contributed by atoms with Crippen LogP contribution in [0.5, 0.6) is 0 Å². The van der Waals surface area contributed by atoms with Crippen molar-refractivity contribution >= 4 is 38.7 Å². The van der Waals surface area contributed by atoms with E-state index in [0.29, 0.717) is 22.6 Å². The van der Waals surface area contributed by atoms with Crippen molar-refractivity contribution in [2.24, 2.45) is 0 Å². The topological polar surface area (TPSA) is 87.3 Å². The van der Waals surface area contributed by atoms with Gasteiger partial charge in [-0.05, 0) is 42.8 Å². The van der Waals surface area contributed by atoms with Gasteiger partial charge in [0.05, 0.1) is 34.1 Å². The van der Waals surface area contributed by atoms with E-state index < -0.39 is 10.0 Å². The van der Waals surface area contributed by atoms with Crippen LogP contribution < -0.4 is 15.4 Å². The standard InChI is InChI=1S/C21H19N3O3S/c1-2-28(26,27)24-17-8-4-3-7-15(17)14-11-12-16-20(13-14)22-18-9-5-6-10-19(18)23-21(16)25/h3-13,22,24H,2H2,1H3,(H,23,25). The van der Waals surface area contributed by atoms with Gasteiger partial charge in [-0.2, -0.15) is 0 Å². The highest BCUT2D eigenvalue weighted by atomic mass is 32.2. The zero-order valence-corrected chi connectivity index (χ0v) is 16.0. The Labute approximate surface area is 163 Å². The van der Waals surface area contributed by atoms with E-state index in [1.54, 1.807) is 25.1 Å². The lowest BCUT2D eigenvalue weighted by molar-refractivity contribution is 0.102. The quantitative estimate of drug-likeness (QED) is 0.612. The number of fused-ring (bicyclic) bond motifs is 2. The van der Waals surface area contributed by atoms with E-state index in [2.05, 4.69) is 15.4 Å². The molecule has 0 bridgehead atoms. The van der Waals surface area contributed by atoms with Crippen molar-refractivity contribution in [2.45, 2.75) is 6.92 Å². The maximum atomic E-state index is 12.6. The fourth-order valence-corrected chi connectivity index (χ4v) is 3.77. The van der Waals surface area contributed by atoms with Crippen LogP contribution in [0.15, 0.2) is 66.7 Å². The minimum Gasteiger partial charge on any atom is -0.353 e. The number of amides is 1. The van der Waals surface area contributed by atoms with Crippen LogP contribution >= 0.6 is 0 Å². The second-order valence-electron chi connectivity index (χ2n) is 6.44. The van der Waals surface area contributed by atoms with Crippen molar-refractivity contribution < 1.29 is 13.2 Å². The summed E-state index contributed by atoms with van der Waals surface area (Å²) in [6.07, 6.45) is 0. The van der Waals surface area contributed by atoms with Crippen LogP contribution in [0.1, 0.15) is 17.3 Å². The summed E-state index contributed by atoms with van der Waals surface area (Å²) >= 11 is 0. The number of benzene rings is 3. The van der Waals surface area contributed by atoms with Gasteiger partial charge in [0, 0.05) is 5.56 Å². The third kappa shape index (κ3) is 3.44. The molecule has 0 saturated heterocycles. The zero-order chi connectivity index (χ0) is 19.7. The Morgan fingerprint density at radius 1 is 0.821 bits per heavy atom. The van der Waals surface area contributed by atoms with E-state index in [-0.39, 0.29) is 11.7 Å². The molecule has 0 spiro atoms. The number of para-hydroxylation sites is 3. The number of carbonyl (C=O) groups excluding carboxylic acids is 1. The number of hydrogen-bond donors (Lipinski definition) is 3. The molecule has 0 fully saturated rings. The Bertz CT molecular complexity index is 1170. The molecule has 3 aromatic rings. The smallest absolute Gasteiger partial charge is 0.257 e. The lowest BCUT2D eigenvalue weighted by Crippen LogP contribution is -2.15. The van der Waals surface area contributed by atoms with Gasteiger partial charge in [-0.3, -0.25) is 9.52 Å². The maximum absolute atomic E-state index is 12.6. The average Bonchev–Trinajstić information content (AvgIpc) is 2.83. The van der Waals surface area contributed by atoms with Crippen molar-refractivity contribution in [3.05, 3.63) is 72.3 Å². The largest absolute Gasteiger partial charge is 0.353 e. The Balaban J connectivity index is 1.79. The van der Waals surface area contributed by atoms with Crippen LogP contribution in [-0.2, 0) is 10.0 Å². The van der Waals surface area contributed by atoms with E-state index >= 15 is 0 Å². The third-order valence-electron chi connectivity index (χ3n) is 4.59. The van der Waals surface area contributed by atoms with Gasteiger partial charge < -0.3 is 10.6 Å². The van der Waals surface area contributed by atoms with Crippen LogP contribution in [-0.4, -0.2) is 20.1 Å². The van der Waals surface area contributed by atoms with Crippen molar-refractivity contribution in [3.8, 4) is 11.1 Å². The van der Waals surface area contributed by atoms with Crippen LogP contribution in [0.25, 0.3) is 11.1 Å². The molecule has 3 aromatic carbocycles. The lowest BCUT2D eigenvalue weighted by atomic mass is 10.0. The molecule has 0 aliphatic carbocycles. The molecule has 1 aliphatic rings. The second kappa shape index (κ2) is 7.01. The van der Waals surface area contributed by atoms with Gasteiger partial charge in [-0.15, -0.1) is 0 Å². The molecule has 28 heavy (non-hydrogen) atoms. The maximum Gasteiger partial charge on any atom is 0.257 e. The molecule has 0 saturated carbocycles. The van der Waals surface area contributed by atoms with Gasteiger partial charge in [0.2, 0.25) is 10.0 Å². The highest BCUT2D eigenvalue weighted by Gasteiger charge is 2.20. The monoisotopic (exact) mass is 393 g/mol. The van der Waals surface area contributed by atoms with E-state index in [1.807, 2.05) is 48.5 Å². The molecule has 4 rings (SSSR count). The van der Waals surface area contributed by atoms with E-state index in [1.165, 1.54) is 0 Å². The highest BCUT2D eigenvalue weighted by Crippen LogP contribution is 2.36. The molecule has 0 aromatic heterocycles. The molecule has 1 aliphatic heterocycles. The zero-order valence-electron chi connectivity index (χ0n) is 15.2. The Morgan fingerprint density at radius 3 is 2.25 bits per heavy atom. The Morgan fingerprint density at radius 2 is 1.50 bits per heavy atom. The molecule has 1 heterocycles. The summed E-state index contributed by atoms with van der Waals surface area (Å²) in [5.74, 6) is -0.205. The van der Waals surface area contributed by atoms with Gasteiger partial charge in [-0.1, -0.05) is 36.4 Å². The molecular formula is C21H19N3O3S. The Hall–Kier alpha value is -3.32. The van der Waals surface area contributed by atoms with Crippen LogP contribution in [0, 0.1) is 0 Å². The molecule has 0 radical (unpaired) electrons. The SMILES string of the molecule is CCS(=O)(=O)Nc1ccccc1-c1ccc2c(c1)Nc1ccccc1NC2=O. The van der Waals surface area contributed by atoms with E-state index in [0.717, 1.165) is 16.8 Å². The van der Waals surface area contributed by atoms with Gasteiger partial charge in [0.15, 0.2) is 0 Å². The summed E-state index contributed by atoms with van der Waals surface area (Å²) in [6.45, 7) is 1.59. The first-order valence-corrected chi connectivity index (χ1v) is 10.5. The summed E-state index contributed by atoms with van der Waals surface area (Å²) in [6, 6.07) is 20.1. The fourth-order valence-electron chi connectivity index (χ4n) is 3.11. The normalized spacial score (nSPS) is 12.8. The number of sulfonamides is 1. The van der Waals surface area contributed by atoms with Crippen molar-refractivity contribution in [1.82, 2.24) is 0 Å². The van der Waals surface area contributed by atoms with Crippen LogP contribution in [0.3, 0.4) is 0 Å². The van der Waals surface area contributed by atoms with E-state index in [4.69, 9.17) is 0 Å². The molecule has 0 unspecified atom stereocenters. The average molecular weight is 393 g/mol. The molecule has 6 nitrogen and oxygen atoms in total. The van der Waals surface area contributed by atoms with Crippen LogP contribution in [0.2, 0.25) is 0 Å². The Kier molecular flexibility index (Phi) is 4.52. The fraction of sp³-hybridized carbons (Fsp3) is 0.0952. The van der Waals surface area contributed by atoms with Crippen LogP contribution in [0.4, 0.5) is 22.7 Å². The second-order valence-corrected chi connectivity index (χ2v) is 8.45. The summed E-state index contributed by atoms with van der Waals surface area (Å²) < 4.78 is 26.7. The van der Waals surface area contributed by atoms with Gasteiger partial charge in [-0.25, -0.2) is 8.42 Å². The minimum atomic E-state index is -3.40. The van der Waals surface area contributed by atoms with Gasteiger partial charge >= 0.3 is 0 Å². The molecule has 7 heteroatoms. The number of nitrogens with one attached hydrogen (secondary N) is 3. The number of carbonyl (C=O) groups is 1. The molecule has 0 atom stereocenters. The number of anilines is 4. The minimum absolute atomic E-state index is 0.00989. The van der Waals surface area contributed by atoms with Crippen molar-refractivity contribution in [3.63, 3.8) is 0 Å². The van der Waals surface area contributed by atoms with E-state index in [9.17, 15) is 13.2 Å². The molecule has 3 N–H and O–H groups in total.